The first-order chi connectivity index (χ1) is 69.0. The number of carbonyl (C=O) groups excluding carboxylic acids is 4. The molecule has 0 aliphatic carbocycles. The molecule has 0 unspecified atom stereocenters. The summed E-state index contributed by atoms with van der Waals surface area (Å²) >= 11 is 0. The Balaban J connectivity index is 0.000000165. The van der Waals surface area contributed by atoms with E-state index in [1.165, 1.54) is 62.5 Å². The first-order valence-corrected chi connectivity index (χ1v) is 45.2. The first kappa shape index (κ1) is 106. The number of hydrogen-bond acceptors (Lipinski definition) is 21. The third kappa shape index (κ3) is 39.5. The van der Waals surface area contributed by atoms with Gasteiger partial charge in [-0.15, -0.1) is 0 Å². The van der Waals surface area contributed by atoms with Gasteiger partial charge in [0.05, 0.1) is 24.8 Å². The molecule has 25 heteroatoms. The Bertz CT molecular complexity index is 6540. The highest BCUT2D eigenvalue weighted by Crippen LogP contribution is 2.30. The molecule has 9 aromatic heterocycles. The van der Waals surface area contributed by atoms with Gasteiger partial charge in [-0.3, -0.25) is 54.1 Å². The van der Waals surface area contributed by atoms with Crippen LogP contribution in [0.4, 0.5) is 0 Å². The Morgan fingerprint density at radius 3 is 0.711 bits per heavy atom. The van der Waals surface area contributed by atoms with E-state index in [0.717, 1.165) is 86.5 Å². The lowest BCUT2D eigenvalue weighted by molar-refractivity contribution is 0.0950. The van der Waals surface area contributed by atoms with Gasteiger partial charge in [0.25, 0.3) is 23.6 Å². The third-order valence-electron chi connectivity index (χ3n) is 19.5. The van der Waals surface area contributed by atoms with Gasteiger partial charge in [-0.2, -0.15) is 0 Å². The van der Waals surface area contributed by atoms with Crippen molar-refractivity contribution < 1.29 is 57.1 Å². The number of benzene rings is 9. The van der Waals surface area contributed by atoms with Crippen LogP contribution in [0.25, 0.3) is 0 Å². The molecule has 0 atom stereocenters. The molecule has 4 amide bonds. The van der Waals surface area contributed by atoms with Gasteiger partial charge in [0.1, 0.15) is 115 Å². The van der Waals surface area contributed by atoms with E-state index in [9.17, 15) is 19.2 Å². The summed E-state index contributed by atoms with van der Waals surface area (Å²) < 4.78 is 44.9. The predicted octanol–water partition coefficient (Wildman–Crippen LogP) is 25.9. The van der Waals surface area contributed by atoms with E-state index in [0.29, 0.717) is 45.8 Å². The van der Waals surface area contributed by atoms with Gasteiger partial charge in [0, 0.05) is 102 Å². The molecule has 0 bridgehead atoms. The molecule has 0 aliphatic heterocycles. The van der Waals surface area contributed by atoms with Crippen LogP contribution >= 0.6 is 0 Å². The number of aryl methyl sites for hydroxylation is 9. The second-order valence-corrected chi connectivity index (χ2v) is 31.4. The average molecular weight is 1890 g/mol. The highest BCUT2D eigenvalue weighted by atomic mass is 16.5. The zero-order valence-electron chi connectivity index (χ0n) is 81.4. The molecule has 0 fully saturated rings. The standard InChI is InChI=1S/4C14H14N2O2.C13H13N.4C12H11NO/c1-10-3-5-11(6-4-10)18-12-7-8-16-13(9-12)14(17)15-2;1-10-3-5-11(6-4-10)18-12-7-8-13(16-9-12)14(17)15-2;1-10-4-3-5-11(8-10)18-12-6-7-16-13(9-12)14(17)15-2;1-10-4-3-5-11(8-10)18-12-6-7-13(16-9-12)14(17)15-2;1-11-2-4-12(5-3-11)10-13-6-8-14-9-7-13;1-10-2-4-11(5-3-10)14-12-6-8-13-9-7-12;1-10-4-2-5-11(8-10)14-12-6-3-7-13-9-12;1-10-4-6-11(7-5-10)14-12-3-2-8-13-9-12;1-10-3-2-4-12(9-10)14-11-5-7-13-8-6-11/h4*3-9H,1-2H3,(H,15,17);2-9H,10H2,1H3;4*2-9H,1H3. The van der Waals surface area contributed by atoms with Gasteiger partial charge in [0.2, 0.25) is 0 Å². The maximum Gasteiger partial charge on any atom is 0.269 e. The third-order valence-corrected chi connectivity index (χ3v) is 19.5. The van der Waals surface area contributed by atoms with Crippen LogP contribution in [0, 0.1) is 62.3 Å². The summed E-state index contributed by atoms with van der Waals surface area (Å²) in [5, 5.41) is 10.1. The number of nitrogens with one attached hydrogen (secondary N) is 4. The van der Waals surface area contributed by atoms with E-state index in [2.05, 4.69) is 116 Å². The lowest BCUT2D eigenvalue weighted by Crippen LogP contribution is -2.18. The second kappa shape index (κ2) is 58.1. The molecule has 18 aromatic rings. The Labute approximate surface area is 829 Å². The summed E-state index contributed by atoms with van der Waals surface area (Å²) in [7, 11) is 6.28. The van der Waals surface area contributed by atoms with Crippen LogP contribution in [0.5, 0.6) is 92.0 Å². The Morgan fingerprint density at radius 1 is 0.190 bits per heavy atom. The van der Waals surface area contributed by atoms with E-state index in [4.69, 9.17) is 37.9 Å². The molecule has 0 saturated carbocycles. The lowest BCUT2D eigenvalue weighted by Gasteiger charge is -2.07. The highest BCUT2D eigenvalue weighted by molar-refractivity contribution is 5.93. The van der Waals surface area contributed by atoms with Crippen molar-refractivity contribution in [3.63, 3.8) is 0 Å². The van der Waals surface area contributed by atoms with Crippen LogP contribution in [0.1, 0.15) is 103 Å². The monoisotopic (exact) mass is 1890 g/mol. The van der Waals surface area contributed by atoms with Crippen LogP contribution in [-0.2, 0) is 6.42 Å². The minimum Gasteiger partial charge on any atom is -0.457 e. The molecular formula is C117H113N13O12. The van der Waals surface area contributed by atoms with Crippen LogP contribution in [0.2, 0.25) is 0 Å². The number of amides is 4. The van der Waals surface area contributed by atoms with Crippen molar-refractivity contribution in [2.24, 2.45) is 0 Å². The molecule has 0 saturated heterocycles. The number of rotatable bonds is 22. The topological polar surface area (TPSA) is 306 Å². The van der Waals surface area contributed by atoms with Crippen molar-refractivity contribution in [1.82, 2.24) is 66.1 Å². The summed E-state index contributed by atoms with van der Waals surface area (Å²) in [6.45, 7) is 18.3. The fraction of sp³-hybridized carbons (Fsp3) is 0.120. The number of ether oxygens (including phenoxy) is 8. The molecule has 9 heterocycles. The zero-order valence-corrected chi connectivity index (χ0v) is 81.4. The smallest absolute Gasteiger partial charge is 0.269 e. The molecule has 9 aromatic carbocycles. The first-order valence-electron chi connectivity index (χ1n) is 45.2. The quantitative estimate of drug-likeness (QED) is 0.0490. The molecule has 25 nitrogen and oxygen atoms in total. The average Bonchev–Trinajstić information content (AvgIpc) is 0.895. The van der Waals surface area contributed by atoms with Gasteiger partial charge in [-0.1, -0.05) is 149 Å². The summed E-state index contributed by atoms with van der Waals surface area (Å²) in [5.74, 6) is 11.0. The Kier molecular flexibility index (Phi) is 43.3. The van der Waals surface area contributed by atoms with Crippen molar-refractivity contribution >= 4 is 23.6 Å². The number of hydrogen-bond donors (Lipinski definition) is 4. The van der Waals surface area contributed by atoms with E-state index in [-0.39, 0.29) is 23.6 Å². The fourth-order valence-electron chi connectivity index (χ4n) is 12.2. The van der Waals surface area contributed by atoms with Crippen LogP contribution in [0.15, 0.2) is 414 Å². The number of aromatic nitrogens is 9. The lowest BCUT2D eigenvalue weighted by atomic mass is 10.1. The summed E-state index contributed by atoms with van der Waals surface area (Å²) in [6, 6.07) is 104. The highest BCUT2D eigenvalue weighted by Gasteiger charge is 2.12. The van der Waals surface area contributed by atoms with Gasteiger partial charge in [0.15, 0.2) is 0 Å². The second-order valence-electron chi connectivity index (χ2n) is 31.4. The largest absolute Gasteiger partial charge is 0.457 e. The van der Waals surface area contributed by atoms with Gasteiger partial charge >= 0.3 is 0 Å². The number of carbonyl (C=O) groups is 4. The number of nitrogens with zero attached hydrogens (tertiary/aromatic N) is 9. The molecule has 0 spiro atoms. The molecule has 718 valence electrons. The Hall–Kier alpha value is -18.4. The van der Waals surface area contributed by atoms with Gasteiger partial charge in [-0.05, 0) is 296 Å². The van der Waals surface area contributed by atoms with E-state index in [1.54, 1.807) is 139 Å². The molecule has 0 radical (unpaired) electrons. The van der Waals surface area contributed by atoms with Crippen molar-refractivity contribution in [2.75, 3.05) is 28.2 Å². The van der Waals surface area contributed by atoms with Gasteiger partial charge < -0.3 is 59.2 Å². The van der Waals surface area contributed by atoms with Crippen molar-refractivity contribution in [1.29, 1.82) is 0 Å². The summed E-state index contributed by atoms with van der Waals surface area (Å²) in [5.41, 5.74) is 14.8. The minimum absolute atomic E-state index is 0.211. The zero-order chi connectivity index (χ0) is 101. The SMILES string of the molecule is CNC(=O)c1cc(Oc2ccc(C)cc2)ccn1.CNC(=O)c1cc(Oc2cccc(C)c2)ccn1.CNC(=O)c1ccc(Oc2ccc(C)cc2)cn1.CNC(=O)c1ccc(Oc2cccc(C)c2)cn1.Cc1ccc(Cc2ccncc2)cc1.Cc1ccc(Oc2cccnc2)cc1.Cc1ccc(Oc2ccncc2)cc1.Cc1cccc(Oc2cccnc2)c1.Cc1cccc(Oc2ccncc2)c1. The predicted molar refractivity (Wildman–Crippen MR) is 556 cm³/mol. The fourth-order valence-corrected chi connectivity index (χ4v) is 12.2. The van der Waals surface area contributed by atoms with E-state index in [1.807, 2.05) is 304 Å². The van der Waals surface area contributed by atoms with Crippen LogP contribution < -0.4 is 59.2 Å². The van der Waals surface area contributed by atoms with Crippen molar-refractivity contribution in [3.8, 4) is 92.0 Å². The minimum atomic E-state index is -0.232. The molecule has 0 aliphatic rings. The van der Waals surface area contributed by atoms with Crippen molar-refractivity contribution in [3.05, 3.63) is 498 Å². The van der Waals surface area contributed by atoms with E-state index >= 15 is 0 Å². The summed E-state index contributed by atoms with van der Waals surface area (Å²) in [6.07, 6.45) is 24.5. The molecule has 142 heavy (non-hydrogen) atoms. The summed E-state index contributed by atoms with van der Waals surface area (Å²) in [4.78, 5) is 81.3. The normalized spacial score (nSPS) is 9.87. The maximum absolute atomic E-state index is 11.4. The molecular weight excluding hydrogens is 1780 g/mol. The number of pyridine rings is 9. The molecule has 4 N–H and O–H groups in total. The van der Waals surface area contributed by atoms with Gasteiger partial charge in [-0.25, -0.2) is 9.97 Å². The maximum atomic E-state index is 11.4. The molecule has 18 rings (SSSR count). The Morgan fingerprint density at radius 2 is 0.423 bits per heavy atom. The van der Waals surface area contributed by atoms with Crippen LogP contribution in [-0.4, -0.2) is 96.7 Å². The van der Waals surface area contributed by atoms with Crippen LogP contribution in [0.3, 0.4) is 0 Å². The van der Waals surface area contributed by atoms with Crippen molar-refractivity contribution in [2.45, 2.75) is 68.7 Å². The van der Waals surface area contributed by atoms with E-state index < -0.39 is 0 Å².